The summed E-state index contributed by atoms with van der Waals surface area (Å²) in [5.74, 6) is 0. The molecule has 0 aliphatic carbocycles. The summed E-state index contributed by atoms with van der Waals surface area (Å²) < 4.78 is 14.2. The number of hydrogen-bond acceptors (Lipinski definition) is 3. The number of rotatable bonds is 3. The van der Waals surface area contributed by atoms with Crippen molar-refractivity contribution in [2.24, 2.45) is 0 Å². The summed E-state index contributed by atoms with van der Waals surface area (Å²) >= 11 is -1.67. The summed E-state index contributed by atoms with van der Waals surface area (Å²) in [7, 11) is 4.72. The maximum Gasteiger partial charge on any atom is 0.905 e. The minimum absolute atomic E-state index is 0. The zero-order chi connectivity index (χ0) is 5.70. The first-order valence-corrected chi connectivity index (χ1v) is 3.35. The van der Waals surface area contributed by atoms with Gasteiger partial charge in [0.2, 0.25) is 0 Å². The average Bonchev–Trinajstić information content (AvgIpc) is 1.72. The van der Waals surface area contributed by atoms with Gasteiger partial charge in [-0.15, -0.1) is 0 Å². The molecule has 5 heteroatoms. The van der Waals surface area contributed by atoms with Crippen molar-refractivity contribution in [2.75, 3.05) is 21.3 Å². The molecule has 0 aromatic heterocycles. The van der Waals surface area contributed by atoms with Gasteiger partial charge in [-0.1, -0.05) is 0 Å². The van der Waals surface area contributed by atoms with Crippen molar-refractivity contribution in [1.29, 1.82) is 0 Å². The molecule has 1 radical (unpaired) electrons. The fraction of sp³-hybridized carbons (Fsp3) is 1.00. The van der Waals surface area contributed by atoms with E-state index in [1.165, 1.54) is 0 Å². The van der Waals surface area contributed by atoms with Crippen LogP contribution in [0.15, 0.2) is 0 Å². The summed E-state index contributed by atoms with van der Waals surface area (Å²) in [6.07, 6.45) is 0. The molecule has 0 aliphatic heterocycles. The summed E-state index contributed by atoms with van der Waals surface area (Å²) in [5, 5.41) is 0. The molecule has 0 fully saturated rings. The van der Waals surface area contributed by atoms with Crippen molar-refractivity contribution in [3.63, 3.8) is 0 Å². The molecule has 0 rings (SSSR count). The Balaban J connectivity index is 0. The molecule has 0 aliphatic rings. The van der Waals surface area contributed by atoms with Crippen LogP contribution in [0.1, 0.15) is 0 Å². The zero-order valence-corrected chi connectivity index (χ0v) is 6.96. The Labute approximate surface area is 66.9 Å². The molecule has 0 bridgehead atoms. The van der Waals surface area contributed by atoms with Crippen LogP contribution >= 0.6 is 0 Å². The van der Waals surface area contributed by atoms with Gasteiger partial charge in [-0.25, -0.2) is 0 Å². The van der Waals surface area contributed by atoms with Crippen molar-refractivity contribution < 1.29 is 11.4 Å². The van der Waals surface area contributed by atoms with Gasteiger partial charge in [0, 0.05) is 40.2 Å². The molecule has 0 saturated heterocycles. The van der Waals surface area contributed by atoms with Crippen LogP contribution in [0.3, 0.4) is 0 Å². The number of hydrogen-bond donors (Lipinski definition) is 0. The Morgan fingerprint density at radius 3 is 1.12 bits per heavy atom. The van der Waals surface area contributed by atoms with E-state index in [2.05, 4.69) is 0 Å². The molecular weight excluding hydrogens is 118 g/mol. The van der Waals surface area contributed by atoms with Crippen LogP contribution in [-0.2, 0) is 11.4 Å². The van der Waals surface area contributed by atoms with Crippen molar-refractivity contribution >= 4 is 34.0 Å². The zero-order valence-electron chi connectivity index (χ0n) is 5.80. The summed E-state index contributed by atoms with van der Waals surface area (Å²) in [6.45, 7) is 0. The van der Waals surface area contributed by atoms with Crippen LogP contribution < -0.4 is 0 Å². The molecule has 0 atom stereocenters. The van der Waals surface area contributed by atoms with E-state index in [9.17, 15) is 0 Å². The van der Waals surface area contributed by atoms with Crippen molar-refractivity contribution in [3.8, 4) is 0 Å². The van der Waals surface area contributed by atoms with Gasteiger partial charge in [0.25, 0.3) is 0 Å². The third kappa shape index (κ3) is 5.15. The molecule has 0 aromatic rings. The molecule has 0 unspecified atom stereocenters. The van der Waals surface area contributed by atoms with Crippen molar-refractivity contribution in [3.05, 3.63) is 0 Å². The van der Waals surface area contributed by atoms with E-state index >= 15 is 0 Å². The van der Waals surface area contributed by atoms with Crippen LogP contribution in [0.2, 0.25) is 0 Å². The predicted molar refractivity (Wildman–Crippen MR) is 32.5 cm³/mol. The summed E-state index contributed by atoms with van der Waals surface area (Å²) in [4.78, 5) is 0. The quantitative estimate of drug-likeness (QED) is 0.479. The Morgan fingerprint density at radius 2 is 1.12 bits per heavy atom. The first-order valence-electron chi connectivity index (χ1n) is 1.93. The predicted octanol–water partition coefficient (Wildman–Crippen LogP) is -0.470. The molecule has 43 valence electrons. The normalized spacial score (nSPS) is 7.88. The molecule has 3 nitrogen and oxygen atoms in total. The Hall–Kier alpha value is 1.01. The fourth-order valence-electron chi connectivity index (χ4n) is 0.289. The Kier molecular flexibility index (Phi) is 11.8. The maximum absolute atomic E-state index is 4.74. The molecule has 0 aromatic carbocycles. The summed E-state index contributed by atoms with van der Waals surface area (Å²) in [5.41, 5.74) is 0. The van der Waals surface area contributed by atoms with Crippen molar-refractivity contribution in [2.45, 2.75) is 0 Å². The minimum atomic E-state index is -1.67. The van der Waals surface area contributed by atoms with Gasteiger partial charge < -0.3 is 11.4 Å². The minimum Gasteiger partial charge on any atom is -0.457 e. The molecule has 0 spiro atoms. The van der Waals surface area contributed by atoms with Gasteiger partial charge in [-0.3, -0.25) is 0 Å². The van der Waals surface area contributed by atoms with Crippen LogP contribution in [-0.4, -0.2) is 55.3 Å². The standard InChI is InChI=1S/3CH3O.Al.Li/c3*1-2;;/h3*1H3;;/q3*-1;+3;. The Bertz CT molecular complexity index is 36.0. The fourth-order valence-corrected chi connectivity index (χ4v) is 0.866. The second kappa shape index (κ2) is 8.01. The van der Waals surface area contributed by atoms with Crippen molar-refractivity contribution in [1.82, 2.24) is 0 Å². The first-order chi connectivity index (χ1) is 3.35. The van der Waals surface area contributed by atoms with Gasteiger partial charge in [-0.05, 0) is 0 Å². The average molecular weight is 127 g/mol. The Morgan fingerprint density at radius 1 is 0.875 bits per heavy atom. The van der Waals surface area contributed by atoms with E-state index in [1.807, 2.05) is 0 Å². The third-order valence-electron chi connectivity index (χ3n) is 0.577. The monoisotopic (exact) mass is 127 g/mol. The van der Waals surface area contributed by atoms with Gasteiger partial charge in [0.15, 0.2) is 0 Å². The van der Waals surface area contributed by atoms with Crippen LogP contribution in [0, 0.1) is 0 Å². The molecule has 0 amide bonds. The van der Waals surface area contributed by atoms with E-state index in [1.54, 1.807) is 21.3 Å². The van der Waals surface area contributed by atoms with E-state index in [0.717, 1.165) is 0 Å². The topological polar surface area (TPSA) is 27.7 Å². The molecule has 0 saturated carbocycles. The molecule has 8 heavy (non-hydrogen) atoms. The smallest absolute Gasteiger partial charge is 0.457 e. The van der Waals surface area contributed by atoms with Crippen LogP contribution in [0.5, 0.6) is 0 Å². The SMILES string of the molecule is C[O][Al]([O]C)[O]C.[Li]. The maximum atomic E-state index is 4.74. The van der Waals surface area contributed by atoms with Crippen LogP contribution in [0.25, 0.3) is 0 Å². The largest absolute Gasteiger partial charge is 0.905 e. The first kappa shape index (κ1) is 11.8. The van der Waals surface area contributed by atoms with E-state index in [-0.39, 0.29) is 18.9 Å². The van der Waals surface area contributed by atoms with Gasteiger partial charge >= 0.3 is 15.1 Å². The van der Waals surface area contributed by atoms with E-state index in [0.29, 0.717) is 0 Å². The van der Waals surface area contributed by atoms with E-state index < -0.39 is 15.1 Å². The molecule has 0 N–H and O–H groups in total. The molecule has 0 heterocycles. The van der Waals surface area contributed by atoms with Crippen LogP contribution in [0.4, 0.5) is 0 Å². The van der Waals surface area contributed by atoms with Gasteiger partial charge in [0.05, 0.1) is 0 Å². The molecular formula is C3H9AlLiO3. The van der Waals surface area contributed by atoms with Gasteiger partial charge in [-0.2, -0.15) is 0 Å². The second-order valence-electron chi connectivity index (χ2n) is 0.996. The second-order valence-corrected chi connectivity index (χ2v) is 2.99. The summed E-state index contributed by atoms with van der Waals surface area (Å²) in [6, 6.07) is 0. The third-order valence-corrected chi connectivity index (χ3v) is 1.73. The van der Waals surface area contributed by atoms with Gasteiger partial charge in [0.1, 0.15) is 0 Å². The van der Waals surface area contributed by atoms with E-state index in [4.69, 9.17) is 11.4 Å².